The van der Waals surface area contributed by atoms with Crippen LogP contribution in [-0.4, -0.2) is 42.3 Å². The van der Waals surface area contributed by atoms with Gasteiger partial charge in [-0.05, 0) is 31.9 Å². The van der Waals surface area contributed by atoms with E-state index in [4.69, 9.17) is 0 Å². The monoisotopic (exact) mass is 425 g/mol. The Bertz CT molecular complexity index is 1350. The van der Waals surface area contributed by atoms with Gasteiger partial charge in [0, 0.05) is 13.6 Å². The van der Waals surface area contributed by atoms with E-state index in [1.54, 1.807) is 35.1 Å². The molecule has 1 saturated heterocycles. The van der Waals surface area contributed by atoms with E-state index in [2.05, 4.69) is 20.1 Å². The molecule has 1 atom stereocenters. The SMILES string of the molecule is Cc1nc(N2CCCC2c2nc3ccccc3c(=O)n2CC(F)F)c2cnn(C)c2n1. The van der Waals surface area contributed by atoms with Crippen molar-refractivity contribution in [1.82, 2.24) is 29.3 Å². The average Bonchev–Trinajstić information content (AvgIpc) is 3.37. The number of alkyl halides is 2. The van der Waals surface area contributed by atoms with E-state index >= 15 is 0 Å². The second-order valence-electron chi connectivity index (χ2n) is 7.75. The van der Waals surface area contributed by atoms with Crippen LogP contribution in [0, 0.1) is 6.92 Å². The van der Waals surface area contributed by atoms with E-state index in [9.17, 15) is 13.6 Å². The number of hydrogen-bond donors (Lipinski definition) is 0. The predicted molar refractivity (Wildman–Crippen MR) is 112 cm³/mol. The van der Waals surface area contributed by atoms with Crippen molar-refractivity contribution in [1.29, 1.82) is 0 Å². The third-order valence-electron chi connectivity index (χ3n) is 5.72. The van der Waals surface area contributed by atoms with Gasteiger partial charge in [0.15, 0.2) is 5.65 Å². The molecule has 0 radical (unpaired) electrons. The number of halogens is 2. The molecule has 0 saturated carbocycles. The number of aromatic nitrogens is 6. The second-order valence-corrected chi connectivity index (χ2v) is 7.75. The lowest BCUT2D eigenvalue weighted by atomic mass is 10.1. The lowest BCUT2D eigenvalue weighted by Crippen LogP contribution is -2.34. The fourth-order valence-electron chi connectivity index (χ4n) is 4.37. The highest BCUT2D eigenvalue weighted by Gasteiger charge is 2.33. The van der Waals surface area contributed by atoms with E-state index in [1.165, 1.54) is 0 Å². The molecule has 4 heterocycles. The predicted octanol–water partition coefficient (Wildman–Crippen LogP) is 2.99. The Morgan fingerprint density at radius 3 is 2.77 bits per heavy atom. The number of nitrogens with zero attached hydrogens (tertiary/aromatic N) is 7. The van der Waals surface area contributed by atoms with Gasteiger partial charge in [-0.1, -0.05) is 12.1 Å². The van der Waals surface area contributed by atoms with Crippen LogP contribution in [0.25, 0.3) is 21.9 Å². The van der Waals surface area contributed by atoms with Crippen LogP contribution in [0.15, 0.2) is 35.3 Å². The zero-order valence-electron chi connectivity index (χ0n) is 17.2. The van der Waals surface area contributed by atoms with Crippen molar-refractivity contribution in [3.8, 4) is 0 Å². The molecule has 1 aliphatic heterocycles. The summed E-state index contributed by atoms with van der Waals surface area (Å²) in [5, 5.41) is 5.41. The first-order chi connectivity index (χ1) is 14.9. The summed E-state index contributed by atoms with van der Waals surface area (Å²) in [6, 6.07) is 6.50. The molecule has 3 aromatic heterocycles. The van der Waals surface area contributed by atoms with E-state index in [0.29, 0.717) is 47.0 Å². The van der Waals surface area contributed by atoms with Crippen LogP contribution >= 0.6 is 0 Å². The molecule has 8 nitrogen and oxygen atoms in total. The number of anilines is 1. The molecule has 1 fully saturated rings. The highest BCUT2D eigenvalue weighted by atomic mass is 19.3. The lowest BCUT2D eigenvalue weighted by Gasteiger charge is -2.28. The standard InChI is InChI=1S/C21H21F2N7O/c1-12-25-18-14(10-24-28(18)2)19(26-12)29-9-5-8-16(29)20-27-15-7-4-3-6-13(15)21(31)30(20)11-17(22)23/h3-4,6-7,10,16-17H,5,8-9,11H2,1-2H3. The van der Waals surface area contributed by atoms with Gasteiger partial charge in [-0.25, -0.2) is 23.7 Å². The molecule has 1 aliphatic rings. The minimum atomic E-state index is -2.67. The van der Waals surface area contributed by atoms with Crippen LogP contribution in [0.1, 0.15) is 30.5 Å². The minimum absolute atomic E-state index is 0.337. The molecule has 31 heavy (non-hydrogen) atoms. The molecule has 0 spiro atoms. The molecule has 4 aromatic rings. The topological polar surface area (TPSA) is 81.7 Å². The van der Waals surface area contributed by atoms with Gasteiger partial charge in [-0.15, -0.1) is 0 Å². The van der Waals surface area contributed by atoms with E-state index < -0.39 is 18.5 Å². The van der Waals surface area contributed by atoms with Crippen LogP contribution in [-0.2, 0) is 13.6 Å². The number of benzene rings is 1. The fraction of sp³-hybridized carbons (Fsp3) is 0.381. The number of fused-ring (bicyclic) bond motifs is 2. The average molecular weight is 425 g/mol. The third-order valence-corrected chi connectivity index (χ3v) is 5.72. The third kappa shape index (κ3) is 3.22. The molecular formula is C21H21F2N7O. The molecule has 160 valence electrons. The van der Waals surface area contributed by atoms with Crippen molar-refractivity contribution in [2.24, 2.45) is 7.05 Å². The Labute approximate surface area is 176 Å². The van der Waals surface area contributed by atoms with Crippen molar-refractivity contribution in [2.45, 2.75) is 38.8 Å². The largest absolute Gasteiger partial charge is 0.346 e. The van der Waals surface area contributed by atoms with Crippen molar-refractivity contribution >= 4 is 27.8 Å². The summed E-state index contributed by atoms with van der Waals surface area (Å²) in [6.07, 6.45) is 0.547. The van der Waals surface area contributed by atoms with Gasteiger partial charge in [0.1, 0.15) is 17.5 Å². The molecule has 1 unspecified atom stereocenters. The molecule has 0 amide bonds. The van der Waals surface area contributed by atoms with Crippen molar-refractivity contribution in [3.05, 3.63) is 52.5 Å². The Balaban J connectivity index is 1.71. The van der Waals surface area contributed by atoms with Gasteiger partial charge in [0.05, 0.1) is 35.1 Å². The zero-order chi connectivity index (χ0) is 21.7. The van der Waals surface area contributed by atoms with Crippen LogP contribution in [0.4, 0.5) is 14.6 Å². The Morgan fingerprint density at radius 1 is 1.16 bits per heavy atom. The molecule has 0 N–H and O–H groups in total. The molecule has 10 heteroatoms. The molecule has 1 aromatic carbocycles. The van der Waals surface area contributed by atoms with Crippen LogP contribution in [0.5, 0.6) is 0 Å². The van der Waals surface area contributed by atoms with Crippen molar-refractivity contribution < 1.29 is 8.78 Å². The molecule has 0 aliphatic carbocycles. The summed E-state index contributed by atoms with van der Waals surface area (Å²) < 4.78 is 29.6. The molecule has 5 rings (SSSR count). The van der Waals surface area contributed by atoms with Gasteiger partial charge < -0.3 is 4.90 Å². The Morgan fingerprint density at radius 2 is 1.97 bits per heavy atom. The highest BCUT2D eigenvalue weighted by Crippen LogP contribution is 2.37. The summed E-state index contributed by atoms with van der Waals surface area (Å²) in [7, 11) is 1.81. The van der Waals surface area contributed by atoms with Gasteiger partial charge in [-0.3, -0.25) is 14.0 Å². The number of hydrogen-bond acceptors (Lipinski definition) is 6. The number of rotatable bonds is 4. The number of para-hydroxylation sites is 1. The molecule has 0 bridgehead atoms. The summed E-state index contributed by atoms with van der Waals surface area (Å²) in [5.74, 6) is 1.62. The zero-order valence-corrected chi connectivity index (χ0v) is 17.2. The van der Waals surface area contributed by atoms with E-state index in [0.717, 1.165) is 16.4 Å². The highest BCUT2D eigenvalue weighted by molar-refractivity contribution is 5.87. The second kappa shape index (κ2) is 7.36. The van der Waals surface area contributed by atoms with Crippen molar-refractivity contribution in [3.63, 3.8) is 0 Å². The van der Waals surface area contributed by atoms with E-state index in [-0.39, 0.29) is 6.04 Å². The summed E-state index contributed by atoms with van der Waals surface area (Å²) >= 11 is 0. The van der Waals surface area contributed by atoms with Gasteiger partial charge in [0.25, 0.3) is 12.0 Å². The smallest absolute Gasteiger partial charge is 0.261 e. The first-order valence-electron chi connectivity index (χ1n) is 10.1. The summed E-state index contributed by atoms with van der Waals surface area (Å²) in [4.78, 5) is 28.9. The summed E-state index contributed by atoms with van der Waals surface area (Å²) in [6.45, 7) is 1.78. The first kappa shape index (κ1) is 19.5. The first-order valence-corrected chi connectivity index (χ1v) is 10.1. The normalized spacial score (nSPS) is 16.8. The van der Waals surface area contributed by atoms with Gasteiger partial charge in [-0.2, -0.15) is 5.10 Å². The van der Waals surface area contributed by atoms with Crippen LogP contribution in [0.2, 0.25) is 0 Å². The maximum Gasteiger partial charge on any atom is 0.261 e. The maximum absolute atomic E-state index is 13.4. The van der Waals surface area contributed by atoms with E-state index in [1.807, 2.05) is 18.9 Å². The maximum atomic E-state index is 13.4. The van der Waals surface area contributed by atoms with Gasteiger partial charge in [0.2, 0.25) is 0 Å². The molecular weight excluding hydrogens is 404 g/mol. The number of aryl methyl sites for hydroxylation is 2. The Kier molecular flexibility index (Phi) is 4.64. The van der Waals surface area contributed by atoms with Crippen LogP contribution < -0.4 is 10.5 Å². The summed E-state index contributed by atoms with van der Waals surface area (Å²) in [5.41, 5.74) is 0.757. The minimum Gasteiger partial charge on any atom is -0.346 e. The van der Waals surface area contributed by atoms with Crippen molar-refractivity contribution in [2.75, 3.05) is 11.4 Å². The Hall–Kier alpha value is -3.43. The quantitative estimate of drug-likeness (QED) is 0.500. The fourth-order valence-corrected chi connectivity index (χ4v) is 4.37. The van der Waals surface area contributed by atoms with Gasteiger partial charge >= 0.3 is 0 Å². The van der Waals surface area contributed by atoms with Crippen LogP contribution in [0.3, 0.4) is 0 Å². The lowest BCUT2D eigenvalue weighted by molar-refractivity contribution is 0.123.